The van der Waals surface area contributed by atoms with Crippen molar-refractivity contribution in [2.24, 2.45) is 0 Å². The van der Waals surface area contributed by atoms with Gasteiger partial charge < -0.3 is 5.32 Å². The van der Waals surface area contributed by atoms with Crippen molar-refractivity contribution in [2.75, 3.05) is 5.32 Å². The maximum Gasteiger partial charge on any atom is 0.265 e. The molecule has 0 fully saturated rings. The van der Waals surface area contributed by atoms with Crippen LogP contribution in [0.4, 0.5) is 5.69 Å². The Morgan fingerprint density at radius 1 is 1.12 bits per heavy atom. The third-order valence-corrected chi connectivity index (χ3v) is 4.02. The number of nitrogens with one attached hydrogen (secondary N) is 1. The zero-order valence-corrected chi connectivity index (χ0v) is 14.2. The fraction of sp³-hybridized carbons (Fsp3) is 0.167. The van der Waals surface area contributed by atoms with Gasteiger partial charge in [0.15, 0.2) is 5.82 Å². The summed E-state index contributed by atoms with van der Waals surface area (Å²) in [5.41, 5.74) is 2.13. The van der Waals surface area contributed by atoms with Crippen LogP contribution in [-0.2, 0) is 13.1 Å². The largest absolute Gasteiger partial charge is 0.378 e. The summed E-state index contributed by atoms with van der Waals surface area (Å²) in [5.74, 6) is 0.597. The summed E-state index contributed by atoms with van der Waals surface area (Å²) < 4.78 is 1.54. The van der Waals surface area contributed by atoms with Gasteiger partial charge in [-0.15, -0.1) is 10.2 Å². The van der Waals surface area contributed by atoms with Crippen LogP contribution in [0.2, 0.25) is 0 Å². The fourth-order valence-corrected chi connectivity index (χ4v) is 2.67. The summed E-state index contributed by atoms with van der Waals surface area (Å²) in [5, 5.41) is 15.9. The van der Waals surface area contributed by atoms with Gasteiger partial charge in [-0.1, -0.05) is 18.2 Å². The molecular weight excluding hydrogens is 330 g/mol. The van der Waals surface area contributed by atoms with Gasteiger partial charge in [0.2, 0.25) is 0 Å². The number of nitrogens with zero attached hydrogens (tertiary/aromatic N) is 6. The Hall–Kier alpha value is -3.55. The third kappa shape index (κ3) is 3.04. The van der Waals surface area contributed by atoms with E-state index in [1.165, 1.54) is 4.80 Å². The summed E-state index contributed by atoms with van der Waals surface area (Å²) >= 11 is 0. The summed E-state index contributed by atoms with van der Waals surface area (Å²) in [7, 11) is 0. The average molecular weight is 347 g/mol. The van der Waals surface area contributed by atoms with E-state index < -0.39 is 0 Å². The van der Waals surface area contributed by atoms with Crippen LogP contribution < -0.4 is 10.9 Å². The Bertz CT molecular complexity index is 1100. The minimum absolute atomic E-state index is 0.111. The molecule has 1 N–H and O–H groups in total. The number of fused-ring (bicyclic) bond motifs is 1. The van der Waals surface area contributed by atoms with Crippen molar-refractivity contribution < 1.29 is 0 Å². The molecule has 0 radical (unpaired) electrons. The van der Waals surface area contributed by atoms with E-state index in [1.807, 2.05) is 49.4 Å². The van der Waals surface area contributed by atoms with E-state index in [1.54, 1.807) is 17.0 Å². The SMILES string of the molecule is CCn1nnc(CNc2ccc3ncn(-c4ccccc4)c(=O)c3c2)n1. The number of hydrogen-bond acceptors (Lipinski definition) is 6. The number of para-hydroxylation sites is 1. The lowest BCUT2D eigenvalue weighted by Crippen LogP contribution is -2.18. The molecule has 8 nitrogen and oxygen atoms in total. The Morgan fingerprint density at radius 2 is 1.96 bits per heavy atom. The van der Waals surface area contributed by atoms with Crippen LogP contribution in [0.3, 0.4) is 0 Å². The zero-order valence-electron chi connectivity index (χ0n) is 14.2. The molecule has 26 heavy (non-hydrogen) atoms. The zero-order chi connectivity index (χ0) is 17.9. The molecule has 130 valence electrons. The lowest BCUT2D eigenvalue weighted by atomic mass is 10.2. The molecule has 4 rings (SSSR count). The number of tetrazole rings is 1. The number of aryl methyl sites for hydroxylation is 1. The standard InChI is InChI=1S/C18H17N7O/c1-2-25-22-17(21-23-25)11-19-13-8-9-16-15(10-13)18(26)24(12-20-16)14-6-4-3-5-7-14/h3-10,12,19H,2,11H2,1H3. The molecule has 0 aliphatic carbocycles. The lowest BCUT2D eigenvalue weighted by Gasteiger charge is -2.08. The fourth-order valence-electron chi connectivity index (χ4n) is 2.67. The first-order valence-electron chi connectivity index (χ1n) is 8.32. The first-order chi connectivity index (χ1) is 12.7. The van der Waals surface area contributed by atoms with E-state index in [-0.39, 0.29) is 5.56 Å². The molecule has 2 heterocycles. The maximum absolute atomic E-state index is 12.9. The molecule has 0 amide bonds. The molecule has 0 aliphatic heterocycles. The smallest absolute Gasteiger partial charge is 0.265 e. The van der Waals surface area contributed by atoms with Crippen LogP contribution in [0, 0.1) is 0 Å². The normalized spacial score (nSPS) is 11.0. The second-order valence-corrected chi connectivity index (χ2v) is 5.73. The monoisotopic (exact) mass is 347 g/mol. The van der Waals surface area contributed by atoms with Gasteiger partial charge in [0.1, 0.15) is 6.33 Å². The molecule has 0 aliphatic rings. The van der Waals surface area contributed by atoms with Gasteiger partial charge in [0.05, 0.1) is 29.7 Å². The van der Waals surface area contributed by atoms with Crippen molar-refractivity contribution in [3.8, 4) is 5.69 Å². The minimum atomic E-state index is -0.111. The van der Waals surface area contributed by atoms with Crippen LogP contribution >= 0.6 is 0 Å². The molecule has 0 atom stereocenters. The van der Waals surface area contributed by atoms with Crippen molar-refractivity contribution in [1.82, 2.24) is 29.8 Å². The Balaban J connectivity index is 1.65. The average Bonchev–Trinajstić information content (AvgIpc) is 3.16. The first kappa shape index (κ1) is 15.9. The number of rotatable bonds is 5. The highest BCUT2D eigenvalue weighted by molar-refractivity contribution is 5.81. The quantitative estimate of drug-likeness (QED) is 0.594. The molecule has 0 saturated heterocycles. The number of benzene rings is 2. The van der Waals surface area contributed by atoms with Crippen molar-refractivity contribution in [1.29, 1.82) is 0 Å². The topological polar surface area (TPSA) is 90.5 Å². The van der Waals surface area contributed by atoms with Gasteiger partial charge in [0.25, 0.3) is 5.56 Å². The molecule has 0 unspecified atom stereocenters. The van der Waals surface area contributed by atoms with E-state index in [0.717, 1.165) is 11.4 Å². The van der Waals surface area contributed by atoms with E-state index in [9.17, 15) is 4.79 Å². The Morgan fingerprint density at radius 3 is 2.73 bits per heavy atom. The molecule has 0 bridgehead atoms. The van der Waals surface area contributed by atoms with Gasteiger partial charge in [-0.05, 0) is 42.5 Å². The predicted octanol–water partition coefficient (Wildman–Crippen LogP) is 2.00. The first-order valence-corrected chi connectivity index (χ1v) is 8.32. The molecule has 8 heteroatoms. The lowest BCUT2D eigenvalue weighted by molar-refractivity contribution is 0.550. The van der Waals surface area contributed by atoms with Crippen LogP contribution in [0.25, 0.3) is 16.6 Å². The number of hydrogen-bond donors (Lipinski definition) is 1. The summed E-state index contributed by atoms with van der Waals surface area (Å²) in [6.45, 7) is 3.05. The van der Waals surface area contributed by atoms with Crippen molar-refractivity contribution in [3.63, 3.8) is 0 Å². The highest BCUT2D eigenvalue weighted by atomic mass is 16.1. The van der Waals surface area contributed by atoms with E-state index >= 15 is 0 Å². The van der Waals surface area contributed by atoms with Crippen LogP contribution in [-0.4, -0.2) is 29.8 Å². The third-order valence-electron chi connectivity index (χ3n) is 4.02. The van der Waals surface area contributed by atoms with Gasteiger partial charge in [-0.3, -0.25) is 9.36 Å². The summed E-state index contributed by atoms with van der Waals surface area (Å²) in [6.07, 6.45) is 1.56. The molecular formula is C18H17N7O. The van der Waals surface area contributed by atoms with Gasteiger partial charge in [-0.2, -0.15) is 4.80 Å². The highest BCUT2D eigenvalue weighted by Crippen LogP contribution is 2.16. The molecule has 0 saturated carbocycles. The van der Waals surface area contributed by atoms with Crippen molar-refractivity contribution in [3.05, 3.63) is 71.0 Å². The Labute approximate surface area is 149 Å². The summed E-state index contributed by atoms with van der Waals surface area (Å²) in [4.78, 5) is 18.8. The maximum atomic E-state index is 12.9. The van der Waals surface area contributed by atoms with Gasteiger partial charge in [0, 0.05) is 5.69 Å². The number of aromatic nitrogens is 6. The van der Waals surface area contributed by atoms with Crippen LogP contribution in [0.1, 0.15) is 12.7 Å². The van der Waals surface area contributed by atoms with Crippen molar-refractivity contribution in [2.45, 2.75) is 20.0 Å². The van der Waals surface area contributed by atoms with Crippen molar-refractivity contribution >= 4 is 16.6 Å². The summed E-state index contributed by atoms with van der Waals surface area (Å²) in [6, 6.07) is 14.9. The number of anilines is 1. The molecule has 2 aromatic heterocycles. The van der Waals surface area contributed by atoms with E-state index in [4.69, 9.17) is 0 Å². The van der Waals surface area contributed by atoms with Gasteiger partial charge >= 0.3 is 0 Å². The molecule has 4 aromatic rings. The molecule has 2 aromatic carbocycles. The van der Waals surface area contributed by atoms with Gasteiger partial charge in [-0.25, -0.2) is 4.98 Å². The van der Waals surface area contributed by atoms with E-state index in [0.29, 0.717) is 29.8 Å². The second kappa shape index (κ2) is 6.75. The van der Waals surface area contributed by atoms with E-state index in [2.05, 4.69) is 25.7 Å². The highest BCUT2D eigenvalue weighted by Gasteiger charge is 2.07. The second-order valence-electron chi connectivity index (χ2n) is 5.73. The Kier molecular flexibility index (Phi) is 4.14. The molecule has 0 spiro atoms. The van der Waals surface area contributed by atoms with Crippen LogP contribution in [0.5, 0.6) is 0 Å². The predicted molar refractivity (Wildman–Crippen MR) is 98.2 cm³/mol. The minimum Gasteiger partial charge on any atom is -0.378 e. The van der Waals surface area contributed by atoms with Crippen LogP contribution in [0.15, 0.2) is 59.7 Å².